The first-order chi connectivity index (χ1) is 9.79. The van der Waals surface area contributed by atoms with Crippen LogP contribution in [-0.4, -0.2) is 48.5 Å². The largest absolute Gasteiger partial charge is 0.354 e. The average Bonchev–Trinajstić information content (AvgIpc) is 2.48. The molecule has 5 heteroatoms. The van der Waals surface area contributed by atoms with Crippen molar-refractivity contribution < 1.29 is 0 Å². The first-order valence-electron chi connectivity index (χ1n) is 6.86. The van der Waals surface area contributed by atoms with E-state index in [1.807, 2.05) is 6.20 Å². The Balaban J connectivity index is 1.86. The van der Waals surface area contributed by atoms with Gasteiger partial charge in [-0.2, -0.15) is 0 Å². The van der Waals surface area contributed by atoms with Crippen molar-refractivity contribution in [3.05, 3.63) is 34.9 Å². The summed E-state index contributed by atoms with van der Waals surface area (Å²) in [6, 6.07) is 8.35. The highest BCUT2D eigenvalue weighted by atomic mass is 79.9. The van der Waals surface area contributed by atoms with Crippen LogP contribution in [0.15, 0.2) is 34.9 Å². The van der Waals surface area contributed by atoms with Crippen LogP contribution in [0.3, 0.4) is 0 Å². The minimum atomic E-state index is 0.708. The van der Waals surface area contributed by atoms with Crippen LogP contribution >= 0.6 is 27.5 Å². The minimum Gasteiger partial charge on any atom is -0.354 e. The van der Waals surface area contributed by atoms with E-state index in [4.69, 9.17) is 11.6 Å². The molecule has 0 radical (unpaired) electrons. The summed E-state index contributed by atoms with van der Waals surface area (Å²) in [6.07, 6.45) is 1.90. The topological polar surface area (TPSA) is 19.4 Å². The molecule has 1 aliphatic heterocycles. The Hall–Kier alpha value is -0.840. The van der Waals surface area contributed by atoms with Crippen LogP contribution in [0.5, 0.6) is 0 Å². The van der Waals surface area contributed by atoms with Gasteiger partial charge in [-0.15, -0.1) is 11.6 Å². The fourth-order valence-corrected chi connectivity index (χ4v) is 3.45. The Morgan fingerprint density at radius 3 is 2.65 bits per heavy atom. The van der Waals surface area contributed by atoms with Gasteiger partial charge in [0.2, 0.25) is 0 Å². The Kier molecular flexibility index (Phi) is 4.44. The van der Waals surface area contributed by atoms with Gasteiger partial charge in [0.05, 0.1) is 0 Å². The zero-order valence-electron chi connectivity index (χ0n) is 11.2. The Morgan fingerprint density at radius 1 is 1.10 bits per heavy atom. The molecule has 106 valence electrons. The van der Waals surface area contributed by atoms with Gasteiger partial charge in [0.1, 0.15) is 5.82 Å². The van der Waals surface area contributed by atoms with Crippen molar-refractivity contribution in [3.63, 3.8) is 0 Å². The van der Waals surface area contributed by atoms with Crippen LogP contribution in [0.2, 0.25) is 0 Å². The fraction of sp³-hybridized carbons (Fsp3) is 0.400. The Morgan fingerprint density at radius 2 is 1.90 bits per heavy atom. The average molecular weight is 355 g/mol. The maximum absolute atomic E-state index is 5.81. The van der Waals surface area contributed by atoms with Crippen molar-refractivity contribution in [1.82, 2.24) is 9.88 Å². The van der Waals surface area contributed by atoms with Gasteiger partial charge in [-0.3, -0.25) is 4.90 Å². The minimum absolute atomic E-state index is 0.708. The summed E-state index contributed by atoms with van der Waals surface area (Å²) in [4.78, 5) is 9.39. The molecule has 0 unspecified atom stereocenters. The number of anilines is 1. The number of hydrogen-bond acceptors (Lipinski definition) is 3. The third-order valence-corrected chi connectivity index (χ3v) is 4.66. The first-order valence-corrected chi connectivity index (χ1v) is 8.19. The lowest BCUT2D eigenvalue weighted by Gasteiger charge is -2.35. The summed E-state index contributed by atoms with van der Waals surface area (Å²) in [5, 5.41) is 2.44. The second kappa shape index (κ2) is 6.29. The van der Waals surface area contributed by atoms with Crippen molar-refractivity contribution in [2.45, 2.75) is 0 Å². The van der Waals surface area contributed by atoms with Crippen molar-refractivity contribution in [2.75, 3.05) is 43.5 Å². The summed E-state index contributed by atoms with van der Waals surface area (Å²) < 4.78 is 1.12. The molecule has 0 spiro atoms. The summed E-state index contributed by atoms with van der Waals surface area (Å²) in [6.45, 7) is 5.10. The quantitative estimate of drug-likeness (QED) is 0.788. The molecule has 0 saturated carbocycles. The lowest BCUT2D eigenvalue weighted by atomic mass is 10.1. The van der Waals surface area contributed by atoms with Gasteiger partial charge in [0.15, 0.2) is 0 Å². The number of rotatable bonds is 3. The number of fused-ring (bicyclic) bond motifs is 1. The Labute approximate surface area is 132 Å². The van der Waals surface area contributed by atoms with Gasteiger partial charge in [0.25, 0.3) is 0 Å². The van der Waals surface area contributed by atoms with E-state index in [0.717, 1.165) is 43.0 Å². The second-order valence-corrected chi connectivity index (χ2v) is 6.22. The molecule has 0 amide bonds. The molecular weight excluding hydrogens is 338 g/mol. The van der Waals surface area contributed by atoms with Gasteiger partial charge in [-0.05, 0) is 12.1 Å². The van der Waals surface area contributed by atoms with Gasteiger partial charge < -0.3 is 4.90 Å². The van der Waals surface area contributed by atoms with Crippen LogP contribution in [0.4, 0.5) is 5.82 Å². The molecule has 0 bridgehead atoms. The second-order valence-electron chi connectivity index (χ2n) is 4.99. The highest BCUT2D eigenvalue weighted by Crippen LogP contribution is 2.30. The number of benzene rings is 1. The monoisotopic (exact) mass is 353 g/mol. The number of hydrogen-bond donors (Lipinski definition) is 0. The molecule has 1 aromatic heterocycles. The lowest BCUT2D eigenvalue weighted by molar-refractivity contribution is 0.272. The van der Waals surface area contributed by atoms with Gasteiger partial charge in [-0.25, -0.2) is 4.98 Å². The van der Waals surface area contributed by atoms with Crippen molar-refractivity contribution in [1.29, 1.82) is 0 Å². The van der Waals surface area contributed by atoms with Crippen LogP contribution in [0, 0.1) is 0 Å². The molecule has 3 rings (SSSR count). The van der Waals surface area contributed by atoms with E-state index >= 15 is 0 Å². The van der Waals surface area contributed by atoms with Crippen LogP contribution < -0.4 is 4.90 Å². The predicted molar refractivity (Wildman–Crippen MR) is 88.8 cm³/mol. The molecule has 20 heavy (non-hydrogen) atoms. The smallest absolute Gasteiger partial charge is 0.136 e. The maximum Gasteiger partial charge on any atom is 0.136 e. The number of pyridine rings is 1. The predicted octanol–water partition coefficient (Wildman–Crippen LogP) is 3.36. The molecule has 0 atom stereocenters. The van der Waals surface area contributed by atoms with Gasteiger partial charge in [0, 0.05) is 60.0 Å². The fourth-order valence-electron chi connectivity index (χ4n) is 2.71. The first kappa shape index (κ1) is 14.1. The zero-order valence-corrected chi connectivity index (χ0v) is 13.6. The third-order valence-electron chi connectivity index (χ3n) is 3.80. The number of nitrogens with zero attached hydrogens (tertiary/aromatic N) is 3. The van der Waals surface area contributed by atoms with Crippen LogP contribution in [0.25, 0.3) is 10.8 Å². The molecule has 1 saturated heterocycles. The summed E-state index contributed by atoms with van der Waals surface area (Å²) >= 11 is 9.43. The van der Waals surface area contributed by atoms with Crippen LogP contribution in [-0.2, 0) is 0 Å². The van der Waals surface area contributed by atoms with Crippen molar-refractivity contribution in [2.24, 2.45) is 0 Å². The molecule has 2 heterocycles. The molecule has 0 aliphatic carbocycles. The van der Waals surface area contributed by atoms with E-state index in [0.29, 0.717) is 5.88 Å². The normalized spacial score (nSPS) is 16.8. The number of halogens is 2. The molecular formula is C15H17BrClN3. The van der Waals surface area contributed by atoms with E-state index in [1.54, 1.807) is 0 Å². The highest BCUT2D eigenvalue weighted by Gasteiger charge is 2.19. The van der Waals surface area contributed by atoms with E-state index in [2.05, 4.69) is 55.0 Å². The molecule has 1 aliphatic rings. The van der Waals surface area contributed by atoms with E-state index in [-0.39, 0.29) is 0 Å². The van der Waals surface area contributed by atoms with Crippen molar-refractivity contribution >= 4 is 44.1 Å². The summed E-state index contributed by atoms with van der Waals surface area (Å²) in [5.74, 6) is 1.80. The standard InChI is InChI=1S/C15H17BrClN3/c16-14-3-1-2-13-12(14)4-6-18-15(13)20-10-8-19(7-5-17)9-11-20/h1-4,6H,5,7-11H2. The van der Waals surface area contributed by atoms with Crippen molar-refractivity contribution in [3.8, 4) is 0 Å². The van der Waals surface area contributed by atoms with E-state index < -0.39 is 0 Å². The summed E-state index contributed by atoms with van der Waals surface area (Å²) in [7, 11) is 0. The third kappa shape index (κ3) is 2.78. The Bertz CT molecular complexity index is 597. The molecule has 1 fully saturated rings. The molecule has 3 nitrogen and oxygen atoms in total. The zero-order chi connectivity index (χ0) is 13.9. The molecule has 0 N–H and O–H groups in total. The SMILES string of the molecule is ClCCN1CCN(c2nccc3c(Br)cccc23)CC1. The number of aromatic nitrogens is 1. The van der Waals surface area contributed by atoms with Gasteiger partial charge >= 0.3 is 0 Å². The van der Waals surface area contributed by atoms with E-state index in [9.17, 15) is 0 Å². The van der Waals surface area contributed by atoms with E-state index in [1.165, 1.54) is 10.8 Å². The summed E-state index contributed by atoms with van der Waals surface area (Å²) in [5.41, 5.74) is 0. The molecule has 2 aromatic rings. The maximum atomic E-state index is 5.81. The highest BCUT2D eigenvalue weighted by molar-refractivity contribution is 9.10. The van der Waals surface area contributed by atoms with Crippen LogP contribution in [0.1, 0.15) is 0 Å². The number of piperazine rings is 1. The van der Waals surface area contributed by atoms with Gasteiger partial charge in [-0.1, -0.05) is 28.1 Å². The lowest BCUT2D eigenvalue weighted by Crippen LogP contribution is -2.47. The molecule has 1 aromatic carbocycles. The number of alkyl halides is 1.